The Bertz CT molecular complexity index is 1010. The lowest BCUT2D eigenvalue weighted by atomic mass is 10.1. The van der Waals surface area contributed by atoms with Crippen LogP contribution in [0.1, 0.15) is 37.6 Å². The Labute approximate surface area is 171 Å². The van der Waals surface area contributed by atoms with Crippen LogP contribution in [0.4, 0.5) is 5.69 Å². The number of para-hydroxylation sites is 1. The van der Waals surface area contributed by atoms with E-state index in [-0.39, 0.29) is 17.9 Å². The molecule has 0 spiro atoms. The third kappa shape index (κ3) is 5.13. The highest BCUT2D eigenvalue weighted by Gasteiger charge is 2.21. The maximum atomic E-state index is 12.8. The van der Waals surface area contributed by atoms with E-state index >= 15 is 0 Å². The monoisotopic (exact) mass is 390 g/mol. The van der Waals surface area contributed by atoms with Crippen molar-refractivity contribution in [3.05, 3.63) is 72.3 Å². The minimum absolute atomic E-state index is 0.00545. The van der Waals surface area contributed by atoms with Crippen molar-refractivity contribution in [2.45, 2.75) is 39.3 Å². The lowest BCUT2D eigenvalue weighted by Gasteiger charge is -2.19. The van der Waals surface area contributed by atoms with E-state index in [4.69, 9.17) is 4.74 Å². The molecule has 0 aromatic heterocycles. The Morgan fingerprint density at radius 2 is 1.62 bits per heavy atom. The van der Waals surface area contributed by atoms with Gasteiger partial charge < -0.3 is 15.4 Å². The number of benzene rings is 3. The van der Waals surface area contributed by atoms with E-state index < -0.39 is 6.10 Å². The number of fused-ring (bicyclic) bond motifs is 1. The minimum Gasteiger partial charge on any atom is -0.481 e. The molecule has 5 nitrogen and oxygen atoms in total. The van der Waals surface area contributed by atoms with Crippen LogP contribution < -0.4 is 15.4 Å². The van der Waals surface area contributed by atoms with E-state index in [0.717, 1.165) is 10.8 Å². The van der Waals surface area contributed by atoms with Crippen molar-refractivity contribution in [2.24, 2.45) is 0 Å². The fourth-order valence-corrected chi connectivity index (χ4v) is 3.07. The average Bonchev–Trinajstić information content (AvgIpc) is 2.71. The van der Waals surface area contributed by atoms with Crippen LogP contribution in [0.2, 0.25) is 0 Å². The number of carbonyl (C=O) groups excluding carboxylic acids is 2. The van der Waals surface area contributed by atoms with Gasteiger partial charge in [0.1, 0.15) is 5.75 Å². The van der Waals surface area contributed by atoms with E-state index in [1.807, 2.05) is 63.2 Å². The van der Waals surface area contributed by atoms with Gasteiger partial charge in [0.25, 0.3) is 11.8 Å². The fraction of sp³-hybridized carbons (Fsp3) is 0.250. The van der Waals surface area contributed by atoms with Crippen LogP contribution in [0.25, 0.3) is 10.8 Å². The lowest BCUT2D eigenvalue weighted by Crippen LogP contribution is -2.34. The second-order valence-electron chi connectivity index (χ2n) is 7.19. The van der Waals surface area contributed by atoms with Gasteiger partial charge in [-0.1, -0.05) is 49.4 Å². The first kappa shape index (κ1) is 20.4. The molecule has 3 rings (SSSR count). The van der Waals surface area contributed by atoms with Crippen molar-refractivity contribution in [2.75, 3.05) is 5.32 Å². The van der Waals surface area contributed by atoms with E-state index in [9.17, 15) is 9.59 Å². The van der Waals surface area contributed by atoms with E-state index in [2.05, 4.69) is 10.6 Å². The van der Waals surface area contributed by atoms with Crippen LogP contribution >= 0.6 is 0 Å². The molecule has 29 heavy (non-hydrogen) atoms. The summed E-state index contributed by atoms with van der Waals surface area (Å²) in [5.74, 6) is 0.126. The van der Waals surface area contributed by atoms with Gasteiger partial charge in [0, 0.05) is 6.04 Å². The number of ether oxygens (including phenoxy) is 1. The SMILES string of the molecule is CC[C@@H](Oc1ccc2ccccc2c1)C(=O)Nc1ccccc1C(=O)NC(C)C. The summed E-state index contributed by atoms with van der Waals surface area (Å²) in [7, 11) is 0. The molecule has 0 saturated carbocycles. The molecule has 3 aromatic carbocycles. The predicted octanol–water partition coefficient (Wildman–Crippen LogP) is 4.77. The van der Waals surface area contributed by atoms with Crippen molar-refractivity contribution in [1.29, 1.82) is 0 Å². The maximum absolute atomic E-state index is 12.8. The molecule has 150 valence electrons. The molecule has 5 heteroatoms. The second-order valence-corrected chi connectivity index (χ2v) is 7.19. The van der Waals surface area contributed by atoms with Crippen molar-refractivity contribution < 1.29 is 14.3 Å². The number of carbonyl (C=O) groups is 2. The summed E-state index contributed by atoms with van der Waals surface area (Å²) in [6.45, 7) is 5.68. The largest absolute Gasteiger partial charge is 0.481 e. The first-order valence-corrected chi connectivity index (χ1v) is 9.84. The Hall–Kier alpha value is -3.34. The molecule has 0 saturated heterocycles. The summed E-state index contributed by atoms with van der Waals surface area (Å²) in [5.41, 5.74) is 0.895. The molecule has 0 aliphatic carbocycles. The van der Waals surface area contributed by atoms with E-state index in [0.29, 0.717) is 23.4 Å². The van der Waals surface area contributed by atoms with Gasteiger partial charge in [0.05, 0.1) is 11.3 Å². The molecule has 0 aliphatic heterocycles. The Kier molecular flexibility index (Phi) is 6.50. The van der Waals surface area contributed by atoms with Gasteiger partial charge in [0.15, 0.2) is 6.10 Å². The van der Waals surface area contributed by atoms with Crippen molar-refractivity contribution in [3.8, 4) is 5.75 Å². The molecule has 2 N–H and O–H groups in total. The van der Waals surface area contributed by atoms with Crippen LogP contribution in [0.3, 0.4) is 0 Å². The summed E-state index contributed by atoms with van der Waals surface area (Å²) in [5, 5.41) is 7.86. The minimum atomic E-state index is -0.669. The molecule has 0 unspecified atom stereocenters. The first-order valence-electron chi connectivity index (χ1n) is 9.84. The molecular weight excluding hydrogens is 364 g/mol. The number of anilines is 1. The molecule has 3 aromatic rings. The maximum Gasteiger partial charge on any atom is 0.265 e. The summed E-state index contributed by atoms with van der Waals surface area (Å²) < 4.78 is 5.96. The van der Waals surface area contributed by atoms with Crippen molar-refractivity contribution in [1.82, 2.24) is 5.32 Å². The summed E-state index contributed by atoms with van der Waals surface area (Å²) in [4.78, 5) is 25.3. The van der Waals surface area contributed by atoms with Gasteiger partial charge in [-0.15, -0.1) is 0 Å². The standard InChI is InChI=1S/C24H26N2O3/c1-4-22(29-19-14-13-17-9-5-6-10-18(17)15-19)24(28)26-21-12-8-7-11-20(21)23(27)25-16(2)3/h5-16,22H,4H2,1-3H3,(H,25,27)(H,26,28)/t22-/m1/s1. The van der Waals surface area contributed by atoms with Crippen LogP contribution in [0.5, 0.6) is 5.75 Å². The zero-order valence-electron chi connectivity index (χ0n) is 16.9. The molecule has 0 bridgehead atoms. The van der Waals surface area contributed by atoms with Gasteiger partial charge in [-0.25, -0.2) is 0 Å². The number of hydrogen-bond acceptors (Lipinski definition) is 3. The van der Waals surface area contributed by atoms with Crippen molar-refractivity contribution >= 4 is 28.3 Å². The predicted molar refractivity (Wildman–Crippen MR) is 116 cm³/mol. The fourth-order valence-electron chi connectivity index (χ4n) is 3.07. The van der Waals surface area contributed by atoms with Crippen molar-refractivity contribution in [3.63, 3.8) is 0 Å². The first-order chi connectivity index (χ1) is 14.0. The third-order valence-corrected chi connectivity index (χ3v) is 4.51. The normalized spacial score (nSPS) is 11.9. The summed E-state index contributed by atoms with van der Waals surface area (Å²) in [6, 6.07) is 20.7. The van der Waals surface area contributed by atoms with Gasteiger partial charge in [-0.3, -0.25) is 9.59 Å². The Morgan fingerprint density at radius 1 is 0.931 bits per heavy atom. The van der Waals surface area contributed by atoms with Crippen LogP contribution in [-0.4, -0.2) is 24.0 Å². The molecule has 1 atom stereocenters. The van der Waals surface area contributed by atoms with Gasteiger partial charge in [0.2, 0.25) is 0 Å². The molecule has 0 heterocycles. The highest BCUT2D eigenvalue weighted by atomic mass is 16.5. The number of hydrogen-bond donors (Lipinski definition) is 2. The lowest BCUT2D eigenvalue weighted by molar-refractivity contribution is -0.122. The van der Waals surface area contributed by atoms with Gasteiger partial charge in [-0.05, 0) is 55.3 Å². The van der Waals surface area contributed by atoms with Crippen LogP contribution in [-0.2, 0) is 4.79 Å². The van der Waals surface area contributed by atoms with E-state index in [1.54, 1.807) is 24.3 Å². The quantitative estimate of drug-likeness (QED) is 0.610. The smallest absolute Gasteiger partial charge is 0.265 e. The molecule has 2 amide bonds. The molecule has 0 aliphatic rings. The Morgan fingerprint density at radius 3 is 2.34 bits per heavy atom. The summed E-state index contributed by atoms with van der Waals surface area (Å²) >= 11 is 0. The highest BCUT2D eigenvalue weighted by Crippen LogP contribution is 2.23. The average molecular weight is 390 g/mol. The number of rotatable bonds is 7. The molecular formula is C24H26N2O3. The molecule has 0 radical (unpaired) electrons. The van der Waals surface area contributed by atoms with E-state index in [1.165, 1.54) is 0 Å². The van der Waals surface area contributed by atoms with Gasteiger partial charge >= 0.3 is 0 Å². The summed E-state index contributed by atoms with van der Waals surface area (Å²) in [6.07, 6.45) is -0.170. The zero-order valence-corrected chi connectivity index (χ0v) is 16.9. The van der Waals surface area contributed by atoms with Gasteiger partial charge in [-0.2, -0.15) is 0 Å². The highest BCUT2D eigenvalue weighted by molar-refractivity contribution is 6.04. The zero-order chi connectivity index (χ0) is 20.8. The molecule has 0 fully saturated rings. The third-order valence-electron chi connectivity index (χ3n) is 4.51. The number of nitrogens with one attached hydrogen (secondary N) is 2. The second kappa shape index (κ2) is 9.24. The van der Waals surface area contributed by atoms with Crippen LogP contribution in [0, 0.1) is 0 Å². The van der Waals surface area contributed by atoms with Crippen LogP contribution in [0.15, 0.2) is 66.7 Å². The topological polar surface area (TPSA) is 67.4 Å². The number of amides is 2. The Balaban J connectivity index is 1.75.